The van der Waals surface area contributed by atoms with Crippen LogP contribution >= 0.6 is 38.5 Å². The molecule has 1 aromatic heterocycles. The van der Waals surface area contributed by atoms with Gasteiger partial charge in [-0.2, -0.15) is 0 Å². The van der Waals surface area contributed by atoms with Crippen LogP contribution in [0.15, 0.2) is 22.7 Å². The summed E-state index contributed by atoms with van der Waals surface area (Å²) in [6.45, 7) is 0. The number of aromatic carboxylic acids is 1. The zero-order valence-corrected chi connectivity index (χ0v) is 13.6. The molecule has 0 atom stereocenters. The lowest BCUT2D eigenvalue weighted by molar-refractivity contribution is 0.0688. The molecule has 0 unspecified atom stereocenters. The van der Waals surface area contributed by atoms with Gasteiger partial charge in [-0.25, -0.2) is 17.2 Å². The Hall–Kier alpha value is -0.610. The van der Waals surface area contributed by atoms with Gasteiger partial charge in [0.1, 0.15) is 0 Å². The molecule has 0 bridgehead atoms. The molecule has 0 radical (unpaired) electrons. The normalized spacial score (nSPS) is 11.9. The molecule has 0 saturated carbocycles. The Labute approximate surface area is 125 Å². The lowest BCUT2D eigenvalue weighted by atomic mass is 10.2. The maximum absolute atomic E-state index is 11.8. The number of carbonyl (C=O) groups is 1. The van der Waals surface area contributed by atoms with Gasteiger partial charge >= 0.3 is 5.97 Å². The molecule has 1 N–H and O–H groups in total. The van der Waals surface area contributed by atoms with Crippen molar-refractivity contribution < 1.29 is 18.3 Å². The molecule has 2 aromatic rings. The largest absolute Gasteiger partial charge is 0.477 e. The van der Waals surface area contributed by atoms with E-state index in [-0.39, 0.29) is 5.69 Å². The number of hydrogen-bond acceptors (Lipinski definition) is 3. The summed E-state index contributed by atoms with van der Waals surface area (Å²) in [4.78, 5) is 11.2. The zero-order chi connectivity index (χ0) is 13.7. The van der Waals surface area contributed by atoms with Gasteiger partial charge in [0.05, 0.1) is 15.3 Å². The lowest BCUT2D eigenvalue weighted by Crippen LogP contribution is -2.17. The van der Waals surface area contributed by atoms with Crippen molar-refractivity contribution in [2.45, 2.75) is 0 Å². The molecule has 0 aliphatic carbocycles. The third kappa shape index (κ3) is 2.16. The van der Waals surface area contributed by atoms with Crippen LogP contribution in [0.2, 0.25) is 0 Å². The summed E-state index contributed by atoms with van der Waals surface area (Å²) < 4.78 is 25.5. The number of nitrogens with zero attached hydrogens (tertiary/aromatic N) is 1. The second kappa shape index (κ2) is 4.49. The molecular weight excluding hydrogens is 437 g/mol. The predicted octanol–water partition coefficient (Wildman–Crippen LogP) is 2.51. The third-order valence-electron chi connectivity index (χ3n) is 2.36. The van der Waals surface area contributed by atoms with E-state index in [4.69, 9.17) is 0 Å². The van der Waals surface area contributed by atoms with E-state index in [0.29, 0.717) is 14.5 Å². The van der Waals surface area contributed by atoms with Crippen LogP contribution in [0, 0.1) is 3.57 Å². The van der Waals surface area contributed by atoms with Gasteiger partial charge < -0.3 is 5.11 Å². The minimum absolute atomic E-state index is 0.230. The van der Waals surface area contributed by atoms with Crippen LogP contribution in [-0.2, 0) is 10.0 Å². The van der Waals surface area contributed by atoms with Crippen LogP contribution in [0.5, 0.6) is 0 Å². The number of halogens is 2. The Balaban J connectivity index is 3.07. The Bertz CT molecular complexity index is 766. The van der Waals surface area contributed by atoms with Gasteiger partial charge in [0.25, 0.3) is 0 Å². The van der Waals surface area contributed by atoms with Crippen LogP contribution in [0.1, 0.15) is 10.5 Å². The van der Waals surface area contributed by atoms with Crippen molar-refractivity contribution in [2.24, 2.45) is 0 Å². The van der Waals surface area contributed by atoms with Crippen molar-refractivity contribution in [2.75, 3.05) is 6.26 Å². The monoisotopic (exact) mass is 443 g/mol. The summed E-state index contributed by atoms with van der Waals surface area (Å²) in [5.41, 5.74) is 0.133. The number of aromatic nitrogens is 1. The van der Waals surface area contributed by atoms with E-state index in [1.807, 2.05) is 22.6 Å². The standard InChI is InChI=1S/C10H7BrINO4S/c1-18(16,17)13-7-3-2-5(11)4-6(7)8(12)9(13)10(14)15/h2-4H,1H3,(H,14,15). The number of carboxylic acid groups (broad SMARTS) is 1. The smallest absolute Gasteiger partial charge is 0.354 e. The second-order valence-corrected chi connectivity index (χ2v) is 7.48. The fourth-order valence-electron chi connectivity index (χ4n) is 1.72. The fraction of sp³-hybridized carbons (Fsp3) is 0.100. The minimum Gasteiger partial charge on any atom is -0.477 e. The van der Waals surface area contributed by atoms with E-state index >= 15 is 0 Å². The average Bonchev–Trinajstić information content (AvgIpc) is 2.51. The first-order valence-corrected chi connectivity index (χ1v) is 8.39. The fourth-order valence-corrected chi connectivity index (χ4v) is 4.17. The SMILES string of the molecule is CS(=O)(=O)n1c(C(=O)O)c(I)c2cc(Br)ccc21. The van der Waals surface area contributed by atoms with Crippen LogP contribution < -0.4 is 0 Å². The van der Waals surface area contributed by atoms with Gasteiger partial charge in [-0.05, 0) is 40.8 Å². The molecule has 96 valence electrons. The predicted molar refractivity (Wildman–Crippen MR) is 79.6 cm³/mol. The number of fused-ring (bicyclic) bond motifs is 1. The van der Waals surface area contributed by atoms with Crippen molar-refractivity contribution in [3.05, 3.63) is 31.9 Å². The van der Waals surface area contributed by atoms with Crippen molar-refractivity contribution in [1.29, 1.82) is 0 Å². The highest BCUT2D eigenvalue weighted by molar-refractivity contribution is 14.1. The number of carboxylic acids is 1. The van der Waals surface area contributed by atoms with E-state index in [0.717, 1.165) is 14.7 Å². The Kier molecular flexibility index (Phi) is 3.45. The average molecular weight is 444 g/mol. The Morgan fingerprint density at radius 3 is 2.56 bits per heavy atom. The molecule has 5 nitrogen and oxygen atoms in total. The highest BCUT2D eigenvalue weighted by atomic mass is 127. The number of rotatable bonds is 2. The van der Waals surface area contributed by atoms with Crippen LogP contribution in [0.3, 0.4) is 0 Å². The molecule has 8 heteroatoms. The van der Waals surface area contributed by atoms with Gasteiger partial charge in [-0.1, -0.05) is 15.9 Å². The van der Waals surface area contributed by atoms with Crippen LogP contribution in [0.25, 0.3) is 10.9 Å². The topological polar surface area (TPSA) is 76.4 Å². The Morgan fingerprint density at radius 2 is 2.06 bits per heavy atom. The molecule has 18 heavy (non-hydrogen) atoms. The minimum atomic E-state index is -3.68. The highest BCUT2D eigenvalue weighted by Crippen LogP contribution is 2.31. The van der Waals surface area contributed by atoms with E-state index in [1.54, 1.807) is 18.2 Å². The first-order chi connectivity index (χ1) is 8.23. The molecule has 0 amide bonds. The quantitative estimate of drug-likeness (QED) is 0.723. The summed E-state index contributed by atoms with van der Waals surface area (Å²) in [5, 5.41) is 9.77. The Morgan fingerprint density at radius 1 is 1.44 bits per heavy atom. The third-order valence-corrected chi connectivity index (χ3v) is 4.99. The molecule has 1 heterocycles. The lowest BCUT2D eigenvalue weighted by Gasteiger charge is -2.04. The molecule has 1 aromatic carbocycles. The van der Waals surface area contributed by atoms with Crippen LogP contribution in [-0.4, -0.2) is 29.7 Å². The van der Waals surface area contributed by atoms with E-state index in [9.17, 15) is 18.3 Å². The van der Waals surface area contributed by atoms with Gasteiger partial charge in [0.2, 0.25) is 10.0 Å². The molecule has 2 rings (SSSR count). The van der Waals surface area contributed by atoms with E-state index in [1.165, 1.54) is 0 Å². The maximum atomic E-state index is 11.8. The first-order valence-electron chi connectivity index (χ1n) is 4.67. The molecule has 0 aliphatic rings. The molecule has 0 saturated heterocycles. The molecule has 0 fully saturated rings. The molecule has 0 aliphatic heterocycles. The number of hydrogen-bond donors (Lipinski definition) is 1. The molecular formula is C10H7BrINO4S. The summed E-state index contributed by atoms with van der Waals surface area (Å²) in [6, 6.07) is 4.95. The van der Waals surface area contributed by atoms with Crippen molar-refractivity contribution >= 4 is 65.4 Å². The summed E-state index contributed by atoms with van der Waals surface area (Å²) >= 11 is 5.12. The molecule has 0 spiro atoms. The second-order valence-electron chi connectivity index (χ2n) is 3.66. The summed E-state index contributed by atoms with van der Waals surface area (Å²) in [7, 11) is -3.68. The van der Waals surface area contributed by atoms with Gasteiger partial charge in [-0.15, -0.1) is 0 Å². The van der Waals surface area contributed by atoms with Gasteiger partial charge in [-0.3, -0.25) is 0 Å². The van der Waals surface area contributed by atoms with Gasteiger partial charge in [0.15, 0.2) is 5.69 Å². The van der Waals surface area contributed by atoms with E-state index in [2.05, 4.69) is 15.9 Å². The summed E-state index contributed by atoms with van der Waals surface area (Å²) in [6.07, 6.45) is 0.983. The highest BCUT2D eigenvalue weighted by Gasteiger charge is 2.25. The first kappa shape index (κ1) is 13.8. The number of benzene rings is 1. The van der Waals surface area contributed by atoms with Crippen molar-refractivity contribution in [3.8, 4) is 0 Å². The summed E-state index contributed by atoms with van der Waals surface area (Å²) in [5.74, 6) is -1.27. The van der Waals surface area contributed by atoms with Crippen molar-refractivity contribution in [1.82, 2.24) is 3.97 Å². The van der Waals surface area contributed by atoms with Crippen molar-refractivity contribution in [3.63, 3.8) is 0 Å². The maximum Gasteiger partial charge on any atom is 0.354 e. The van der Waals surface area contributed by atoms with Gasteiger partial charge in [0, 0.05) is 9.86 Å². The van der Waals surface area contributed by atoms with E-state index < -0.39 is 16.0 Å². The van der Waals surface area contributed by atoms with Crippen LogP contribution in [0.4, 0.5) is 0 Å². The zero-order valence-electron chi connectivity index (χ0n) is 9.02.